The Labute approximate surface area is 132 Å². The molecule has 0 amide bonds. The molecule has 0 unspecified atom stereocenters. The Morgan fingerprint density at radius 2 is 2.19 bits per heavy atom. The molecule has 0 radical (unpaired) electrons. The first kappa shape index (κ1) is 14.3. The summed E-state index contributed by atoms with van der Waals surface area (Å²) in [6, 6.07) is 3.27. The van der Waals surface area contributed by atoms with E-state index in [-0.39, 0.29) is 12.2 Å². The second-order valence-corrected chi connectivity index (χ2v) is 5.89. The number of rotatable bonds is 2. The molecule has 0 spiro atoms. The normalized spacial score (nSPS) is 11.2. The van der Waals surface area contributed by atoms with Crippen LogP contribution < -0.4 is 5.56 Å². The minimum Gasteiger partial charge on any atom is -0.462 e. The van der Waals surface area contributed by atoms with Gasteiger partial charge in [0.25, 0.3) is 5.56 Å². The fourth-order valence-corrected chi connectivity index (χ4v) is 3.47. The van der Waals surface area contributed by atoms with Crippen LogP contribution >= 0.6 is 34.5 Å². The fourth-order valence-electron chi connectivity index (χ4n) is 1.96. The second-order valence-electron chi connectivity index (χ2n) is 4.13. The van der Waals surface area contributed by atoms with Crippen molar-refractivity contribution in [2.45, 2.75) is 6.92 Å². The first-order valence-electron chi connectivity index (χ1n) is 6.00. The summed E-state index contributed by atoms with van der Waals surface area (Å²) in [6.07, 6.45) is 1.22. The second kappa shape index (κ2) is 5.29. The monoisotopic (exact) mass is 342 g/mol. The molecule has 108 valence electrons. The summed E-state index contributed by atoms with van der Waals surface area (Å²) in [7, 11) is 0. The maximum absolute atomic E-state index is 12.5. The Bertz CT molecular complexity index is 932. The molecule has 0 fully saturated rings. The van der Waals surface area contributed by atoms with Gasteiger partial charge >= 0.3 is 5.97 Å². The Balaban J connectivity index is 2.38. The number of hydrogen-bond donors (Lipinski definition) is 0. The molecule has 0 atom stereocenters. The number of fused-ring (bicyclic) bond motifs is 3. The average Bonchev–Trinajstić information content (AvgIpc) is 2.83. The molecule has 3 rings (SSSR count). The van der Waals surface area contributed by atoms with E-state index in [1.165, 1.54) is 21.9 Å². The van der Waals surface area contributed by atoms with Gasteiger partial charge in [0.1, 0.15) is 5.56 Å². The lowest BCUT2D eigenvalue weighted by Gasteiger charge is -2.01. The van der Waals surface area contributed by atoms with E-state index in [0.717, 1.165) is 0 Å². The number of esters is 1. The Morgan fingerprint density at radius 3 is 2.90 bits per heavy atom. The third kappa shape index (κ3) is 2.19. The minimum atomic E-state index is -0.691. The van der Waals surface area contributed by atoms with Crippen LogP contribution in [0.5, 0.6) is 0 Å². The van der Waals surface area contributed by atoms with Gasteiger partial charge in [-0.3, -0.25) is 9.20 Å². The van der Waals surface area contributed by atoms with E-state index >= 15 is 0 Å². The standard InChI is InChI=1S/C13H8Cl2N2O3S/c1-2-20-12(19)6-5-16-13-17(11(6)18)8-4-3-7(14)9(15)10(8)21-13/h3-5H,2H2,1H3. The molecule has 21 heavy (non-hydrogen) atoms. The van der Waals surface area contributed by atoms with Crippen LogP contribution in [0.3, 0.4) is 0 Å². The van der Waals surface area contributed by atoms with Gasteiger partial charge in [-0.2, -0.15) is 0 Å². The number of aromatic nitrogens is 2. The number of carbonyl (C=O) groups excluding carboxylic acids is 1. The summed E-state index contributed by atoms with van der Waals surface area (Å²) in [6.45, 7) is 1.86. The van der Waals surface area contributed by atoms with Gasteiger partial charge in [0.15, 0.2) is 4.96 Å². The molecule has 0 aliphatic rings. The van der Waals surface area contributed by atoms with E-state index in [9.17, 15) is 9.59 Å². The fraction of sp³-hybridized carbons (Fsp3) is 0.154. The van der Waals surface area contributed by atoms with Crippen LogP contribution in [0.4, 0.5) is 0 Å². The van der Waals surface area contributed by atoms with Crippen molar-refractivity contribution in [3.8, 4) is 0 Å². The summed E-state index contributed by atoms with van der Waals surface area (Å²) in [5.41, 5.74) is -0.0312. The maximum atomic E-state index is 12.5. The molecular weight excluding hydrogens is 335 g/mol. The zero-order chi connectivity index (χ0) is 15.1. The van der Waals surface area contributed by atoms with Crippen LogP contribution in [0.1, 0.15) is 17.3 Å². The smallest absolute Gasteiger partial charge is 0.345 e. The Hall–Kier alpha value is -1.63. The molecule has 8 heteroatoms. The third-order valence-electron chi connectivity index (χ3n) is 2.89. The van der Waals surface area contributed by atoms with E-state index in [2.05, 4.69) is 4.98 Å². The molecule has 1 aromatic carbocycles. The molecule has 0 bridgehead atoms. The van der Waals surface area contributed by atoms with E-state index in [1.54, 1.807) is 19.1 Å². The van der Waals surface area contributed by atoms with Crippen molar-refractivity contribution in [1.82, 2.24) is 9.38 Å². The van der Waals surface area contributed by atoms with Crippen molar-refractivity contribution < 1.29 is 9.53 Å². The quantitative estimate of drug-likeness (QED) is 0.669. The van der Waals surface area contributed by atoms with Crippen LogP contribution in [0.2, 0.25) is 10.0 Å². The lowest BCUT2D eigenvalue weighted by molar-refractivity contribution is 0.0523. The highest BCUT2D eigenvalue weighted by Gasteiger charge is 2.18. The predicted octanol–water partition coefficient (Wildman–Crippen LogP) is 3.39. The first-order chi connectivity index (χ1) is 10.0. The van der Waals surface area contributed by atoms with Crippen LogP contribution in [0.15, 0.2) is 23.1 Å². The van der Waals surface area contributed by atoms with E-state index < -0.39 is 11.5 Å². The van der Waals surface area contributed by atoms with Crippen molar-refractivity contribution in [2.75, 3.05) is 6.61 Å². The van der Waals surface area contributed by atoms with Crippen molar-refractivity contribution in [3.05, 3.63) is 44.3 Å². The SMILES string of the molecule is CCOC(=O)c1cnc2sc3c(Cl)c(Cl)ccc3n2c1=O. The van der Waals surface area contributed by atoms with Crippen LogP contribution in [0.25, 0.3) is 15.2 Å². The van der Waals surface area contributed by atoms with Gasteiger partial charge in [-0.15, -0.1) is 0 Å². The lowest BCUT2D eigenvalue weighted by atomic mass is 10.3. The molecule has 0 aliphatic heterocycles. The van der Waals surface area contributed by atoms with Gasteiger partial charge in [-0.25, -0.2) is 9.78 Å². The average molecular weight is 343 g/mol. The Kier molecular flexibility index (Phi) is 3.61. The first-order valence-corrected chi connectivity index (χ1v) is 7.57. The summed E-state index contributed by atoms with van der Waals surface area (Å²) < 4.78 is 6.84. The van der Waals surface area contributed by atoms with Gasteiger partial charge in [-0.05, 0) is 19.1 Å². The predicted molar refractivity (Wildman–Crippen MR) is 82.8 cm³/mol. The lowest BCUT2D eigenvalue weighted by Crippen LogP contribution is -2.23. The number of halogens is 2. The molecule has 2 heterocycles. The zero-order valence-corrected chi connectivity index (χ0v) is 13.1. The van der Waals surface area contributed by atoms with Crippen molar-refractivity contribution >= 4 is 55.7 Å². The zero-order valence-electron chi connectivity index (χ0n) is 10.7. The summed E-state index contributed by atoms with van der Waals surface area (Å²) in [5.74, 6) is -0.691. The number of benzene rings is 1. The van der Waals surface area contributed by atoms with Gasteiger partial charge in [0.05, 0.1) is 33.1 Å². The highest BCUT2D eigenvalue weighted by atomic mass is 35.5. The van der Waals surface area contributed by atoms with Gasteiger partial charge in [-0.1, -0.05) is 34.5 Å². The number of carbonyl (C=O) groups is 1. The number of hydrogen-bond acceptors (Lipinski definition) is 5. The largest absolute Gasteiger partial charge is 0.462 e. The molecular formula is C13H8Cl2N2O3S. The topological polar surface area (TPSA) is 60.7 Å². The van der Waals surface area contributed by atoms with Crippen molar-refractivity contribution in [2.24, 2.45) is 0 Å². The summed E-state index contributed by atoms with van der Waals surface area (Å²) >= 11 is 13.4. The van der Waals surface area contributed by atoms with Gasteiger partial charge < -0.3 is 4.74 Å². The third-order valence-corrected chi connectivity index (χ3v) is 4.89. The van der Waals surface area contributed by atoms with E-state index in [0.29, 0.717) is 25.2 Å². The number of ether oxygens (including phenoxy) is 1. The van der Waals surface area contributed by atoms with Crippen molar-refractivity contribution in [3.63, 3.8) is 0 Å². The maximum Gasteiger partial charge on any atom is 0.345 e. The van der Waals surface area contributed by atoms with Crippen LogP contribution in [-0.4, -0.2) is 22.0 Å². The highest BCUT2D eigenvalue weighted by molar-refractivity contribution is 7.24. The molecule has 0 aliphatic carbocycles. The summed E-state index contributed by atoms with van der Waals surface area (Å²) in [5, 5.41) is 0.760. The number of thiazole rings is 1. The van der Waals surface area contributed by atoms with Gasteiger partial charge in [0, 0.05) is 0 Å². The molecule has 5 nitrogen and oxygen atoms in total. The van der Waals surface area contributed by atoms with Crippen LogP contribution in [-0.2, 0) is 4.74 Å². The molecule has 2 aromatic heterocycles. The number of nitrogens with zero attached hydrogens (tertiary/aromatic N) is 2. The molecule has 0 saturated heterocycles. The highest BCUT2D eigenvalue weighted by Crippen LogP contribution is 2.35. The Morgan fingerprint density at radius 1 is 1.43 bits per heavy atom. The van der Waals surface area contributed by atoms with Crippen LogP contribution in [0, 0.1) is 0 Å². The van der Waals surface area contributed by atoms with Crippen molar-refractivity contribution in [1.29, 1.82) is 0 Å². The minimum absolute atomic E-state index is 0.111. The molecule has 3 aromatic rings. The van der Waals surface area contributed by atoms with E-state index in [4.69, 9.17) is 27.9 Å². The molecule has 0 N–H and O–H groups in total. The summed E-state index contributed by atoms with van der Waals surface area (Å²) in [4.78, 5) is 28.8. The molecule has 0 saturated carbocycles. The van der Waals surface area contributed by atoms with Gasteiger partial charge in [0.2, 0.25) is 0 Å². The van der Waals surface area contributed by atoms with E-state index in [1.807, 2.05) is 0 Å².